The number of methoxy groups -OCH3 is 1. The van der Waals surface area contributed by atoms with Crippen LogP contribution < -0.4 is 14.9 Å². The van der Waals surface area contributed by atoms with Crippen molar-refractivity contribution in [2.45, 2.75) is 12.3 Å². The highest BCUT2D eigenvalue weighted by Crippen LogP contribution is 2.47. The molecule has 3 aromatic rings. The Morgan fingerprint density at radius 1 is 0.852 bits per heavy atom. The Kier molecular flexibility index (Phi) is 3.84. The van der Waals surface area contributed by atoms with Crippen LogP contribution in [-0.2, 0) is 0 Å². The number of para-hydroxylation sites is 2. The van der Waals surface area contributed by atoms with Crippen LogP contribution in [0.1, 0.15) is 29.0 Å². The highest BCUT2D eigenvalue weighted by molar-refractivity contribution is 5.67. The molecule has 5 rings (SSSR count). The van der Waals surface area contributed by atoms with Gasteiger partial charge in [0.2, 0.25) is 0 Å². The van der Waals surface area contributed by atoms with Crippen molar-refractivity contribution in [2.24, 2.45) is 0 Å². The Morgan fingerprint density at radius 2 is 1.56 bits per heavy atom. The van der Waals surface area contributed by atoms with E-state index in [0.717, 1.165) is 33.9 Å². The number of ether oxygens (including phenoxy) is 2. The number of fused-ring (bicyclic) bond motifs is 3. The lowest BCUT2D eigenvalue weighted by Crippen LogP contribution is -2.43. The van der Waals surface area contributed by atoms with Crippen molar-refractivity contribution in [2.75, 3.05) is 7.11 Å². The van der Waals surface area contributed by atoms with Gasteiger partial charge >= 0.3 is 0 Å². The van der Waals surface area contributed by atoms with E-state index < -0.39 is 0 Å². The minimum atomic E-state index is -0.293. The van der Waals surface area contributed by atoms with Crippen molar-refractivity contribution in [3.63, 3.8) is 0 Å². The molecule has 2 aliphatic heterocycles. The number of nitrogens with zero attached hydrogens (tertiary/aromatic N) is 1. The lowest BCUT2D eigenvalue weighted by Gasteiger charge is -2.39. The third-order valence-electron chi connectivity index (χ3n) is 5.09. The summed E-state index contributed by atoms with van der Waals surface area (Å²) in [5.74, 6) is 1.72. The first-order chi connectivity index (χ1) is 13.3. The SMILES string of the molecule is COc1ccccc1[C@@H]1Oc2ccccc2[C@H]2C=C(c3ccccc3)NN21. The topological polar surface area (TPSA) is 33.7 Å². The summed E-state index contributed by atoms with van der Waals surface area (Å²) in [7, 11) is 1.69. The molecule has 2 atom stereocenters. The van der Waals surface area contributed by atoms with Crippen molar-refractivity contribution in [3.05, 3.63) is 102 Å². The fourth-order valence-corrected chi connectivity index (χ4v) is 3.80. The summed E-state index contributed by atoms with van der Waals surface area (Å²) in [5, 5.41) is 2.16. The van der Waals surface area contributed by atoms with Crippen LogP contribution in [0.25, 0.3) is 5.70 Å². The molecule has 4 heteroatoms. The van der Waals surface area contributed by atoms with E-state index in [9.17, 15) is 0 Å². The molecule has 0 aliphatic carbocycles. The number of benzene rings is 3. The summed E-state index contributed by atoms with van der Waals surface area (Å²) in [6.45, 7) is 0. The summed E-state index contributed by atoms with van der Waals surface area (Å²) >= 11 is 0. The fraction of sp³-hybridized carbons (Fsp3) is 0.130. The van der Waals surface area contributed by atoms with Crippen LogP contribution >= 0.6 is 0 Å². The average molecular weight is 356 g/mol. The van der Waals surface area contributed by atoms with Crippen molar-refractivity contribution >= 4 is 5.70 Å². The van der Waals surface area contributed by atoms with E-state index in [1.165, 1.54) is 0 Å². The quantitative estimate of drug-likeness (QED) is 0.738. The van der Waals surface area contributed by atoms with Crippen LogP contribution in [-0.4, -0.2) is 12.1 Å². The predicted molar refractivity (Wildman–Crippen MR) is 105 cm³/mol. The van der Waals surface area contributed by atoms with Gasteiger partial charge in [-0.15, -0.1) is 0 Å². The summed E-state index contributed by atoms with van der Waals surface area (Å²) in [6, 6.07) is 26.7. The molecule has 0 unspecified atom stereocenters. The molecule has 2 heterocycles. The summed E-state index contributed by atoms with van der Waals surface area (Å²) in [6.07, 6.45) is 1.97. The number of rotatable bonds is 3. The molecule has 4 nitrogen and oxygen atoms in total. The van der Waals surface area contributed by atoms with Gasteiger partial charge in [0.05, 0.1) is 24.4 Å². The monoisotopic (exact) mass is 356 g/mol. The molecular formula is C23H20N2O2. The lowest BCUT2D eigenvalue weighted by atomic mass is 10.0. The van der Waals surface area contributed by atoms with Gasteiger partial charge in [-0.3, -0.25) is 0 Å². The molecule has 1 N–H and O–H groups in total. The molecule has 0 aromatic heterocycles. The molecule has 0 saturated heterocycles. The zero-order chi connectivity index (χ0) is 18.2. The third kappa shape index (κ3) is 2.66. The van der Waals surface area contributed by atoms with Gasteiger partial charge in [-0.2, -0.15) is 5.01 Å². The number of nitrogens with one attached hydrogen (secondary N) is 1. The summed E-state index contributed by atoms with van der Waals surface area (Å²) in [4.78, 5) is 0. The van der Waals surface area contributed by atoms with Crippen LogP contribution in [0.2, 0.25) is 0 Å². The minimum absolute atomic E-state index is 0.0834. The van der Waals surface area contributed by atoms with Crippen molar-refractivity contribution in [1.29, 1.82) is 0 Å². The van der Waals surface area contributed by atoms with Crippen LogP contribution in [0.3, 0.4) is 0 Å². The van der Waals surface area contributed by atoms with E-state index in [-0.39, 0.29) is 12.3 Å². The van der Waals surface area contributed by atoms with E-state index in [1.807, 2.05) is 36.4 Å². The first-order valence-electron chi connectivity index (χ1n) is 9.06. The first-order valence-corrected chi connectivity index (χ1v) is 9.06. The average Bonchev–Trinajstić information content (AvgIpc) is 3.19. The van der Waals surface area contributed by atoms with Gasteiger partial charge in [-0.25, -0.2) is 0 Å². The van der Waals surface area contributed by atoms with E-state index in [4.69, 9.17) is 9.47 Å². The van der Waals surface area contributed by atoms with E-state index in [0.29, 0.717) is 0 Å². The van der Waals surface area contributed by atoms with Crippen LogP contribution in [0.5, 0.6) is 11.5 Å². The van der Waals surface area contributed by atoms with Crippen LogP contribution in [0.4, 0.5) is 0 Å². The second-order valence-corrected chi connectivity index (χ2v) is 6.66. The van der Waals surface area contributed by atoms with E-state index in [1.54, 1.807) is 7.11 Å². The highest BCUT2D eigenvalue weighted by Gasteiger charge is 2.40. The molecule has 2 aliphatic rings. The maximum Gasteiger partial charge on any atom is 0.199 e. The Morgan fingerprint density at radius 3 is 2.37 bits per heavy atom. The van der Waals surface area contributed by atoms with Gasteiger partial charge in [-0.05, 0) is 23.8 Å². The largest absolute Gasteiger partial charge is 0.496 e. The highest BCUT2D eigenvalue weighted by atomic mass is 16.5. The Hall–Kier alpha value is -3.24. The van der Waals surface area contributed by atoms with Crippen LogP contribution in [0.15, 0.2) is 84.9 Å². The maximum absolute atomic E-state index is 6.41. The van der Waals surface area contributed by atoms with Crippen molar-refractivity contribution in [1.82, 2.24) is 10.4 Å². The van der Waals surface area contributed by atoms with Gasteiger partial charge < -0.3 is 14.9 Å². The molecule has 0 spiro atoms. The zero-order valence-electron chi connectivity index (χ0n) is 15.0. The van der Waals surface area contributed by atoms with E-state index >= 15 is 0 Å². The second kappa shape index (κ2) is 6.49. The van der Waals surface area contributed by atoms with E-state index in [2.05, 4.69) is 59.0 Å². The van der Waals surface area contributed by atoms with Crippen LogP contribution in [0, 0.1) is 0 Å². The summed E-state index contributed by atoms with van der Waals surface area (Å²) < 4.78 is 12.0. The molecule has 0 bridgehead atoms. The van der Waals surface area contributed by atoms with Gasteiger partial charge in [0, 0.05) is 5.56 Å². The normalized spacial score (nSPS) is 20.7. The summed E-state index contributed by atoms with van der Waals surface area (Å²) in [5.41, 5.74) is 7.95. The molecule has 0 radical (unpaired) electrons. The Balaban J connectivity index is 1.61. The van der Waals surface area contributed by atoms with Gasteiger partial charge in [0.15, 0.2) is 6.23 Å². The molecule has 3 aromatic carbocycles. The molecule has 134 valence electrons. The number of hydrogen-bond acceptors (Lipinski definition) is 4. The van der Waals surface area contributed by atoms with Crippen molar-refractivity contribution in [3.8, 4) is 11.5 Å². The number of hydrogen-bond donors (Lipinski definition) is 1. The predicted octanol–water partition coefficient (Wildman–Crippen LogP) is 4.69. The smallest absolute Gasteiger partial charge is 0.199 e. The van der Waals surface area contributed by atoms with Gasteiger partial charge in [-0.1, -0.05) is 66.7 Å². The molecule has 0 saturated carbocycles. The first kappa shape index (κ1) is 16.0. The standard InChI is InChI=1S/C23H20N2O2/c1-26-21-13-7-6-12-18(21)23-25-20(17-11-5-8-14-22(17)27-23)15-19(24-25)16-9-3-2-4-10-16/h2-15,20,23-24H,1H3/t20-,23+/m1/s1. The molecule has 0 amide bonds. The zero-order valence-corrected chi connectivity index (χ0v) is 15.0. The Labute approximate surface area is 158 Å². The molecular weight excluding hydrogens is 336 g/mol. The van der Waals surface area contributed by atoms with Gasteiger partial charge in [0.1, 0.15) is 11.5 Å². The second-order valence-electron chi connectivity index (χ2n) is 6.66. The van der Waals surface area contributed by atoms with Crippen molar-refractivity contribution < 1.29 is 9.47 Å². The lowest BCUT2D eigenvalue weighted by molar-refractivity contribution is -0.0338. The third-order valence-corrected chi connectivity index (χ3v) is 5.09. The maximum atomic E-state index is 6.41. The minimum Gasteiger partial charge on any atom is -0.496 e. The van der Waals surface area contributed by atoms with Gasteiger partial charge in [0.25, 0.3) is 0 Å². The fourth-order valence-electron chi connectivity index (χ4n) is 3.80. The molecule has 27 heavy (non-hydrogen) atoms. The number of hydrazine groups is 1. The molecule has 0 fully saturated rings. The Bertz CT molecular complexity index is 1000.